The lowest BCUT2D eigenvalue weighted by Gasteiger charge is -2.21. The van der Waals surface area contributed by atoms with Gasteiger partial charge in [0.1, 0.15) is 0 Å². The van der Waals surface area contributed by atoms with E-state index in [-0.39, 0.29) is 11.8 Å². The highest BCUT2D eigenvalue weighted by atomic mass is 32.1. The maximum atomic E-state index is 11.3. The Morgan fingerprint density at radius 2 is 1.36 bits per heavy atom. The lowest BCUT2D eigenvalue weighted by Crippen LogP contribution is -2.34. The highest BCUT2D eigenvalue weighted by molar-refractivity contribution is 7.08. The predicted molar refractivity (Wildman–Crippen MR) is 108 cm³/mol. The van der Waals surface area contributed by atoms with E-state index >= 15 is 0 Å². The Morgan fingerprint density at radius 1 is 0.880 bits per heavy atom. The summed E-state index contributed by atoms with van der Waals surface area (Å²) in [5.41, 5.74) is 0. The smallest absolute Gasteiger partial charge is 0.253 e. The van der Waals surface area contributed by atoms with Crippen LogP contribution in [0.25, 0.3) is 0 Å². The highest BCUT2D eigenvalue weighted by Gasteiger charge is 2.25. The molecule has 3 nitrogen and oxygen atoms in total. The van der Waals surface area contributed by atoms with E-state index in [1.165, 1.54) is 23.5 Å². The average Bonchev–Trinajstić information content (AvgIpc) is 3.40. The Morgan fingerprint density at radius 3 is 1.68 bits per heavy atom. The lowest BCUT2D eigenvalue weighted by atomic mass is 9.99. The molecule has 0 fully saturated rings. The van der Waals surface area contributed by atoms with Crippen LogP contribution in [-0.4, -0.2) is 23.3 Å². The van der Waals surface area contributed by atoms with Gasteiger partial charge in [0.2, 0.25) is 0 Å². The van der Waals surface area contributed by atoms with Crippen LogP contribution in [0.2, 0.25) is 0 Å². The van der Waals surface area contributed by atoms with Crippen LogP contribution in [-0.2, 0) is 9.59 Å². The summed E-state index contributed by atoms with van der Waals surface area (Å²) < 4.78 is 0. The zero-order valence-electron chi connectivity index (χ0n) is 15.0. The molecule has 1 atom stereocenters. The largest absolute Gasteiger partial charge is 0.275 e. The van der Waals surface area contributed by atoms with Crippen molar-refractivity contribution in [2.24, 2.45) is 5.92 Å². The number of thiophene rings is 2. The van der Waals surface area contributed by atoms with Crippen LogP contribution in [0.5, 0.6) is 0 Å². The van der Waals surface area contributed by atoms with Gasteiger partial charge in [-0.05, 0) is 33.9 Å². The second-order valence-corrected chi connectivity index (χ2v) is 7.26. The quantitative estimate of drug-likeness (QED) is 0.612. The van der Waals surface area contributed by atoms with Crippen molar-refractivity contribution in [1.82, 2.24) is 4.90 Å². The maximum Gasteiger partial charge on any atom is 0.253 e. The molecule has 5 heteroatoms. The lowest BCUT2D eigenvalue weighted by molar-refractivity contribution is -0.137. The van der Waals surface area contributed by atoms with Gasteiger partial charge in [0.25, 0.3) is 11.8 Å². The van der Waals surface area contributed by atoms with Crippen molar-refractivity contribution in [2.75, 3.05) is 6.54 Å². The van der Waals surface area contributed by atoms with Crippen molar-refractivity contribution in [1.29, 1.82) is 0 Å². The van der Waals surface area contributed by atoms with Crippen molar-refractivity contribution in [3.05, 3.63) is 57.9 Å². The first-order valence-electron chi connectivity index (χ1n) is 8.66. The number of rotatable bonds is 6. The minimum Gasteiger partial charge on any atom is -0.275 e. The van der Waals surface area contributed by atoms with Crippen molar-refractivity contribution < 1.29 is 9.59 Å². The van der Waals surface area contributed by atoms with Crippen molar-refractivity contribution in [2.45, 2.75) is 39.5 Å². The third-order valence-corrected chi connectivity index (χ3v) is 4.99. The molecule has 0 bridgehead atoms. The SMILES string of the molecule is CCCCC(CC)CN1C(=O)C=CC1=O.c1ccsc1.c1ccsc1. The average molecular weight is 378 g/mol. The van der Waals surface area contributed by atoms with Crippen LogP contribution in [0.3, 0.4) is 0 Å². The first-order valence-corrected chi connectivity index (χ1v) is 10.5. The van der Waals surface area contributed by atoms with Gasteiger partial charge in [-0.25, -0.2) is 0 Å². The van der Waals surface area contributed by atoms with Crippen LogP contribution in [0.4, 0.5) is 0 Å². The molecule has 25 heavy (non-hydrogen) atoms. The summed E-state index contributed by atoms with van der Waals surface area (Å²) in [6.07, 6.45) is 7.17. The third-order valence-electron chi connectivity index (χ3n) is 3.74. The second kappa shape index (κ2) is 13.6. The van der Waals surface area contributed by atoms with E-state index in [1.54, 1.807) is 22.7 Å². The van der Waals surface area contributed by atoms with Crippen molar-refractivity contribution in [3.8, 4) is 0 Å². The van der Waals surface area contributed by atoms with Gasteiger partial charge in [0.15, 0.2) is 0 Å². The summed E-state index contributed by atoms with van der Waals surface area (Å²) >= 11 is 3.43. The van der Waals surface area contributed by atoms with E-state index in [0.29, 0.717) is 12.5 Å². The molecule has 0 saturated heterocycles. The van der Waals surface area contributed by atoms with Gasteiger partial charge in [0, 0.05) is 18.7 Å². The molecule has 136 valence electrons. The van der Waals surface area contributed by atoms with Crippen LogP contribution in [0.15, 0.2) is 57.9 Å². The summed E-state index contributed by atoms with van der Waals surface area (Å²) in [4.78, 5) is 24.0. The predicted octanol–water partition coefficient (Wildman–Crippen LogP) is 5.62. The Balaban J connectivity index is 0.000000250. The van der Waals surface area contributed by atoms with Crippen molar-refractivity contribution in [3.63, 3.8) is 0 Å². The van der Waals surface area contributed by atoms with Crippen LogP contribution < -0.4 is 0 Å². The van der Waals surface area contributed by atoms with E-state index in [9.17, 15) is 9.59 Å². The van der Waals surface area contributed by atoms with E-state index in [1.807, 2.05) is 45.8 Å². The first kappa shape index (κ1) is 21.3. The number of amides is 2. The topological polar surface area (TPSA) is 37.4 Å². The van der Waals surface area contributed by atoms with Gasteiger partial charge >= 0.3 is 0 Å². The molecule has 0 aliphatic carbocycles. The van der Waals surface area contributed by atoms with E-state index in [4.69, 9.17) is 0 Å². The molecule has 0 N–H and O–H groups in total. The molecule has 1 aliphatic heterocycles. The summed E-state index contributed by atoms with van der Waals surface area (Å²) in [5.74, 6) is 0.141. The van der Waals surface area contributed by atoms with Crippen molar-refractivity contribution >= 4 is 34.5 Å². The maximum absolute atomic E-state index is 11.3. The zero-order chi connectivity index (χ0) is 18.3. The third kappa shape index (κ3) is 9.37. The summed E-state index contributed by atoms with van der Waals surface area (Å²) in [5, 5.41) is 8.17. The number of carbonyl (C=O) groups excluding carboxylic acids is 2. The zero-order valence-corrected chi connectivity index (χ0v) is 16.6. The highest BCUT2D eigenvalue weighted by Crippen LogP contribution is 2.16. The van der Waals surface area contributed by atoms with Gasteiger partial charge in [-0.2, -0.15) is 22.7 Å². The first-order chi connectivity index (χ1) is 12.2. The Hall–Kier alpha value is -1.72. The molecule has 2 aromatic heterocycles. The van der Waals surface area contributed by atoms with E-state index < -0.39 is 0 Å². The molecule has 3 rings (SSSR count). The minimum atomic E-state index is -0.157. The Kier molecular flexibility index (Phi) is 11.6. The minimum absolute atomic E-state index is 0.157. The Bertz CT molecular complexity index is 513. The van der Waals surface area contributed by atoms with Crippen LogP contribution in [0, 0.1) is 5.92 Å². The summed E-state index contributed by atoms with van der Waals surface area (Å²) in [7, 11) is 0. The molecule has 0 radical (unpaired) electrons. The van der Waals surface area contributed by atoms with Gasteiger partial charge in [0.05, 0.1) is 0 Å². The molecule has 1 unspecified atom stereocenters. The van der Waals surface area contributed by atoms with Gasteiger partial charge in [-0.15, -0.1) is 0 Å². The molecule has 2 amide bonds. The molecular formula is C20H27NO2S2. The molecule has 2 aromatic rings. The summed E-state index contributed by atoms with van der Waals surface area (Å²) in [6, 6.07) is 8.07. The van der Waals surface area contributed by atoms with Gasteiger partial charge < -0.3 is 0 Å². The second-order valence-electron chi connectivity index (χ2n) is 5.62. The van der Waals surface area contributed by atoms with Gasteiger partial charge in [-0.1, -0.05) is 57.4 Å². The van der Waals surface area contributed by atoms with E-state index in [0.717, 1.165) is 19.3 Å². The number of unbranched alkanes of at least 4 members (excludes halogenated alkanes) is 1. The molecule has 3 heterocycles. The number of hydrogen-bond donors (Lipinski definition) is 0. The molecule has 0 aromatic carbocycles. The fraction of sp³-hybridized carbons (Fsp3) is 0.400. The number of imide groups is 1. The molecule has 0 saturated carbocycles. The number of carbonyl (C=O) groups is 2. The number of hydrogen-bond acceptors (Lipinski definition) is 4. The molecular weight excluding hydrogens is 350 g/mol. The Labute approximate surface area is 159 Å². The normalized spacial score (nSPS) is 13.8. The van der Waals surface area contributed by atoms with Crippen LogP contribution >= 0.6 is 22.7 Å². The monoisotopic (exact) mass is 377 g/mol. The number of nitrogens with zero attached hydrogens (tertiary/aromatic N) is 1. The summed E-state index contributed by atoms with van der Waals surface area (Å²) in [6.45, 7) is 4.85. The fourth-order valence-electron chi connectivity index (χ4n) is 2.24. The van der Waals surface area contributed by atoms with Crippen LogP contribution in [0.1, 0.15) is 39.5 Å². The molecule has 0 spiro atoms. The standard InChI is InChI=1S/C12H19NO2.2C4H4S/c1-3-5-6-10(4-2)9-13-11(14)7-8-12(13)15;2*1-2-4-5-3-1/h7-8,10H,3-6,9H2,1-2H3;2*1-4H. The fourth-order valence-corrected chi connectivity index (χ4v) is 3.15. The van der Waals surface area contributed by atoms with Gasteiger partial charge in [-0.3, -0.25) is 14.5 Å². The van der Waals surface area contributed by atoms with E-state index in [2.05, 4.69) is 13.8 Å². The molecule has 1 aliphatic rings.